The number of aliphatic hydroxyl groups excluding tert-OH is 2. The Balaban J connectivity index is 1.64. The van der Waals surface area contributed by atoms with Crippen LogP contribution in [0.2, 0.25) is 0 Å². The molecule has 4 atom stereocenters. The molecule has 0 aliphatic heterocycles. The first-order valence-electron chi connectivity index (χ1n) is 13.9. The number of aliphatic hydroxyl groups is 2. The fraction of sp³-hybridized carbons (Fsp3) is 0.667. The maximum atomic E-state index is 12.5. The molecule has 1 aliphatic carbocycles. The molecule has 214 valence electrons. The Bertz CT molecular complexity index is 844. The topological polar surface area (TPSA) is 102 Å². The van der Waals surface area contributed by atoms with Crippen LogP contribution in [0.1, 0.15) is 63.0 Å². The van der Waals surface area contributed by atoms with E-state index in [0.29, 0.717) is 45.7 Å². The van der Waals surface area contributed by atoms with Crippen LogP contribution in [0.5, 0.6) is 0 Å². The second-order valence-corrected chi connectivity index (χ2v) is 11.1. The minimum Gasteiger partial charge on any atom is -0.463 e. The quantitative estimate of drug-likeness (QED) is 0.139. The molecule has 1 fully saturated rings. The Morgan fingerprint density at radius 1 is 1.16 bits per heavy atom. The molecule has 2 N–H and O–H groups in total. The highest BCUT2D eigenvalue weighted by Gasteiger charge is 2.39. The number of carbonyl (C=O) groups is 2. The molecular weight excluding hydrogens is 504 g/mol. The fourth-order valence-corrected chi connectivity index (χ4v) is 5.62. The third-order valence-corrected chi connectivity index (χ3v) is 7.76. The summed E-state index contributed by atoms with van der Waals surface area (Å²) in [5.41, 5.74) is 2.06. The van der Waals surface area contributed by atoms with Gasteiger partial charge in [0, 0.05) is 44.8 Å². The minimum absolute atomic E-state index is 0.0787. The number of thioether (sulfide) groups is 1. The summed E-state index contributed by atoms with van der Waals surface area (Å²) in [5, 5.41) is 21.0. The van der Waals surface area contributed by atoms with E-state index in [1.807, 2.05) is 30.3 Å². The van der Waals surface area contributed by atoms with E-state index in [0.717, 1.165) is 48.3 Å². The first-order chi connectivity index (χ1) is 18.4. The second kappa shape index (κ2) is 19.4. The van der Waals surface area contributed by atoms with Crippen molar-refractivity contribution in [3.05, 3.63) is 47.5 Å². The SMILES string of the molecule is CCCCCOCCOC(=O)CCCSCC[C@H]1C(=O)C[C@@H](O)[C@@H]1/C=C/[C@@H](O)Cc1cccc(COC)c1. The van der Waals surface area contributed by atoms with Crippen molar-refractivity contribution >= 4 is 23.5 Å². The molecule has 0 heterocycles. The maximum Gasteiger partial charge on any atom is 0.305 e. The lowest BCUT2D eigenvalue weighted by atomic mass is 9.91. The largest absolute Gasteiger partial charge is 0.463 e. The van der Waals surface area contributed by atoms with E-state index < -0.39 is 12.2 Å². The van der Waals surface area contributed by atoms with Crippen molar-refractivity contribution in [2.75, 3.05) is 38.4 Å². The molecule has 0 saturated heterocycles. The Morgan fingerprint density at radius 2 is 1.97 bits per heavy atom. The van der Waals surface area contributed by atoms with Crippen molar-refractivity contribution in [1.29, 1.82) is 0 Å². The van der Waals surface area contributed by atoms with Gasteiger partial charge in [-0.2, -0.15) is 11.8 Å². The number of methoxy groups -OCH3 is 1. The predicted molar refractivity (Wildman–Crippen MR) is 151 cm³/mol. The zero-order valence-electron chi connectivity index (χ0n) is 23.0. The molecule has 2 rings (SSSR count). The van der Waals surface area contributed by atoms with Crippen LogP contribution >= 0.6 is 11.8 Å². The molecule has 0 amide bonds. The lowest BCUT2D eigenvalue weighted by Crippen LogP contribution is -2.20. The Kier molecular flexibility index (Phi) is 16.6. The number of esters is 1. The Labute approximate surface area is 232 Å². The summed E-state index contributed by atoms with van der Waals surface area (Å²) in [6.45, 7) is 4.12. The fourth-order valence-electron chi connectivity index (χ4n) is 4.65. The molecule has 38 heavy (non-hydrogen) atoms. The molecule has 1 aromatic carbocycles. The normalized spacial score (nSPS) is 20.3. The number of unbranched alkanes of at least 4 members (excludes halogenated alkanes) is 2. The van der Waals surface area contributed by atoms with Crippen LogP contribution in [0, 0.1) is 11.8 Å². The summed E-state index contributed by atoms with van der Waals surface area (Å²) in [7, 11) is 1.65. The van der Waals surface area contributed by atoms with Crippen LogP contribution in [0.3, 0.4) is 0 Å². The Hall–Kier alpha value is -1.71. The van der Waals surface area contributed by atoms with Crippen LogP contribution in [0.15, 0.2) is 36.4 Å². The molecule has 7 nitrogen and oxygen atoms in total. The average Bonchev–Trinajstić information content (AvgIpc) is 3.16. The van der Waals surface area contributed by atoms with Crippen molar-refractivity contribution < 1.29 is 34.0 Å². The number of rotatable bonds is 20. The number of carbonyl (C=O) groups excluding carboxylic acids is 2. The number of hydrogen-bond donors (Lipinski definition) is 2. The van der Waals surface area contributed by atoms with Crippen molar-refractivity contribution in [2.45, 2.75) is 77.1 Å². The number of ketones is 1. The molecule has 0 radical (unpaired) electrons. The van der Waals surface area contributed by atoms with Crippen LogP contribution in [-0.2, 0) is 36.8 Å². The van der Waals surface area contributed by atoms with Crippen molar-refractivity contribution in [2.24, 2.45) is 11.8 Å². The van der Waals surface area contributed by atoms with Gasteiger partial charge in [0.25, 0.3) is 0 Å². The van der Waals surface area contributed by atoms with E-state index in [1.165, 1.54) is 0 Å². The van der Waals surface area contributed by atoms with E-state index in [-0.39, 0.29) is 30.0 Å². The van der Waals surface area contributed by atoms with E-state index in [2.05, 4.69) is 6.92 Å². The maximum absolute atomic E-state index is 12.5. The van der Waals surface area contributed by atoms with Gasteiger partial charge in [-0.05, 0) is 41.9 Å². The molecule has 1 aromatic rings. The number of ether oxygens (including phenoxy) is 3. The van der Waals surface area contributed by atoms with E-state index >= 15 is 0 Å². The van der Waals surface area contributed by atoms with Gasteiger partial charge in [-0.1, -0.05) is 56.2 Å². The van der Waals surface area contributed by atoms with Crippen molar-refractivity contribution in [3.63, 3.8) is 0 Å². The lowest BCUT2D eigenvalue weighted by Gasteiger charge is -2.18. The molecule has 0 spiro atoms. The van der Waals surface area contributed by atoms with Gasteiger partial charge < -0.3 is 24.4 Å². The average molecular weight is 551 g/mol. The third-order valence-electron chi connectivity index (χ3n) is 6.66. The van der Waals surface area contributed by atoms with Gasteiger partial charge in [-0.25, -0.2) is 0 Å². The second-order valence-electron chi connectivity index (χ2n) is 9.88. The molecule has 0 bridgehead atoms. The van der Waals surface area contributed by atoms with Crippen LogP contribution in [0.25, 0.3) is 0 Å². The highest BCUT2D eigenvalue weighted by Crippen LogP contribution is 2.34. The van der Waals surface area contributed by atoms with Gasteiger partial charge in [0.15, 0.2) is 0 Å². The Morgan fingerprint density at radius 3 is 2.76 bits per heavy atom. The van der Waals surface area contributed by atoms with Crippen molar-refractivity contribution in [1.82, 2.24) is 0 Å². The smallest absolute Gasteiger partial charge is 0.305 e. The number of Topliss-reactive ketones (excluding diaryl/α,β-unsaturated/α-hetero) is 1. The first-order valence-corrected chi connectivity index (χ1v) is 15.0. The summed E-state index contributed by atoms with van der Waals surface area (Å²) < 4.78 is 15.8. The van der Waals surface area contributed by atoms with Gasteiger partial charge in [0.2, 0.25) is 0 Å². The standard InChI is InChI=1S/C30H46O7S/c1-3-4-5-14-36-15-16-37-30(34)10-7-17-38-18-13-27-26(28(32)21-29(27)33)12-11-25(31)20-23-8-6-9-24(19-23)22-35-2/h6,8-9,11-12,19,25-28,31-32H,3-5,7,10,13-18,20-22H2,1-2H3/b12-11+/t25-,26-,27-,28-/m1/s1. The molecule has 8 heteroatoms. The summed E-state index contributed by atoms with van der Waals surface area (Å²) in [4.78, 5) is 24.3. The molecular formula is C30H46O7S. The van der Waals surface area contributed by atoms with Crippen molar-refractivity contribution in [3.8, 4) is 0 Å². The monoisotopic (exact) mass is 550 g/mol. The molecule has 0 unspecified atom stereocenters. The summed E-state index contributed by atoms with van der Waals surface area (Å²) in [6.07, 6.45) is 7.85. The van der Waals surface area contributed by atoms with Gasteiger partial charge in [-0.3, -0.25) is 9.59 Å². The third kappa shape index (κ3) is 12.9. The highest BCUT2D eigenvalue weighted by atomic mass is 32.2. The molecule has 1 aliphatic rings. The van der Waals surface area contributed by atoms with Crippen LogP contribution in [0.4, 0.5) is 0 Å². The van der Waals surface area contributed by atoms with Crippen LogP contribution in [-0.4, -0.2) is 72.6 Å². The van der Waals surface area contributed by atoms with Gasteiger partial charge in [0.05, 0.1) is 25.4 Å². The van der Waals surface area contributed by atoms with E-state index in [4.69, 9.17) is 14.2 Å². The van der Waals surface area contributed by atoms with Gasteiger partial charge in [0.1, 0.15) is 12.4 Å². The zero-order valence-corrected chi connectivity index (χ0v) is 23.8. The molecule has 0 aromatic heterocycles. The minimum atomic E-state index is -0.712. The number of benzene rings is 1. The van der Waals surface area contributed by atoms with Gasteiger partial charge >= 0.3 is 5.97 Å². The summed E-state index contributed by atoms with van der Waals surface area (Å²) in [5.74, 6) is 0.946. The van der Waals surface area contributed by atoms with E-state index in [9.17, 15) is 19.8 Å². The highest BCUT2D eigenvalue weighted by molar-refractivity contribution is 7.99. The first kappa shape index (κ1) is 32.5. The predicted octanol–water partition coefficient (Wildman–Crippen LogP) is 4.51. The molecule has 1 saturated carbocycles. The number of hydrogen-bond acceptors (Lipinski definition) is 8. The zero-order chi connectivity index (χ0) is 27.6. The van der Waals surface area contributed by atoms with Gasteiger partial charge in [-0.15, -0.1) is 0 Å². The summed E-state index contributed by atoms with van der Waals surface area (Å²) >= 11 is 1.71. The van der Waals surface area contributed by atoms with Crippen LogP contribution < -0.4 is 0 Å². The lowest BCUT2D eigenvalue weighted by molar-refractivity contribution is -0.145. The summed E-state index contributed by atoms with van der Waals surface area (Å²) in [6, 6.07) is 7.91. The van der Waals surface area contributed by atoms with E-state index in [1.54, 1.807) is 24.9 Å².